The number of carbonyl (C=O) groups is 1. The van der Waals surface area contributed by atoms with Crippen LogP contribution in [0.25, 0.3) is 0 Å². The number of likely N-dealkylation sites (tertiary alicyclic amines) is 1. The highest BCUT2D eigenvalue weighted by molar-refractivity contribution is 7.10. The maximum absolute atomic E-state index is 12.1. The van der Waals surface area contributed by atoms with E-state index in [1.54, 1.807) is 6.20 Å². The van der Waals surface area contributed by atoms with Gasteiger partial charge in [0, 0.05) is 24.1 Å². The first kappa shape index (κ1) is 11.0. The van der Waals surface area contributed by atoms with Gasteiger partial charge in [-0.05, 0) is 25.2 Å². The smallest absolute Gasteiger partial charge is 0.321 e. The number of hydrogen-bond donors (Lipinski definition) is 1. The quantitative estimate of drug-likeness (QED) is 0.834. The number of urea groups is 1. The van der Waals surface area contributed by atoms with Gasteiger partial charge >= 0.3 is 6.03 Å². The van der Waals surface area contributed by atoms with Crippen LogP contribution in [0.1, 0.15) is 32.1 Å². The van der Waals surface area contributed by atoms with Crippen molar-refractivity contribution in [3.05, 3.63) is 6.20 Å². The number of rotatable bonds is 1. The van der Waals surface area contributed by atoms with Crippen LogP contribution < -0.4 is 5.32 Å². The third kappa shape index (κ3) is 2.13. The van der Waals surface area contributed by atoms with E-state index in [9.17, 15) is 4.79 Å². The molecule has 0 radical (unpaired) electrons. The molecule has 0 unspecified atom stereocenters. The van der Waals surface area contributed by atoms with Gasteiger partial charge in [0.1, 0.15) is 5.00 Å². The first-order chi connectivity index (χ1) is 8.34. The maximum Gasteiger partial charge on any atom is 0.322 e. The Morgan fingerprint density at radius 3 is 3.12 bits per heavy atom. The molecule has 2 heterocycles. The zero-order chi connectivity index (χ0) is 11.7. The van der Waals surface area contributed by atoms with E-state index in [1.165, 1.54) is 43.6 Å². The molecule has 1 saturated heterocycles. The van der Waals surface area contributed by atoms with Crippen LogP contribution in [0.2, 0.25) is 0 Å². The van der Waals surface area contributed by atoms with Gasteiger partial charge in [0.25, 0.3) is 0 Å². The normalized spacial score (nSPS) is 27.9. The fraction of sp³-hybridized carbons (Fsp3) is 0.727. The van der Waals surface area contributed by atoms with Crippen molar-refractivity contribution < 1.29 is 4.79 Å². The molecule has 0 bridgehead atoms. The summed E-state index contributed by atoms with van der Waals surface area (Å²) in [4.78, 5) is 14.1. The summed E-state index contributed by atoms with van der Waals surface area (Å²) < 4.78 is 3.74. The number of nitrogens with zero attached hydrogens (tertiary/aromatic N) is 3. The highest BCUT2D eigenvalue weighted by atomic mass is 32.1. The average Bonchev–Trinajstić information content (AvgIpc) is 2.96. The number of fused-ring (bicyclic) bond motifs is 1. The van der Waals surface area contributed by atoms with Gasteiger partial charge in [-0.25, -0.2) is 4.79 Å². The monoisotopic (exact) mass is 252 g/mol. The predicted octanol–water partition coefficient (Wildman–Crippen LogP) is 2.33. The van der Waals surface area contributed by atoms with Crippen molar-refractivity contribution >= 4 is 22.6 Å². The molecular formula is C11H16N4OS. The van der Waals surface area contributed by atoms with Crippen LogP contribution in [-0.2, 0) is 0 Å². The molecule has 1 aliphatic heterocycles. The summed E-state index contributed by atoms with van der Waals surface area (Å²) in [6.07, 6.45) is 7.80. The van der Waals surface area contributed by atoms with Crippen molar-refractivity contribution in [3.8, 4) is 0 Å². The van der Waals surface area contributed by atoms with E-state index in [-0.39, 0.29) is 6.03 Å². The molecule has 1 aromatic rings. The standard InChI is InChI=1S/C11H16N4OS/c16-11(13-10-7-12-14-17-10)15-6-5-8-3-1-2-4-9(8)15/h7-9H,1-6H2,(H,13,16)/t8-,9-/m1/s1. The number of hydrogen-bond acceptors (Lipinski definition) is 4. The Hall–Kier alpha value is -1.17. The molecule has 17 heavy (non-hydrogen) atoms. The summed E-state index contributed by atoms with van der Waals surface area (Å²) in [6, 6.07) is 0.482. The lowest BCUT2D eigenvalue weighted by molar-refractivity contribution is 0.182. The lowest BCUT2D eigenvalue weighted by Crippen LogP contribution is -2.41. The summed E-state index contributed by atoms with van der Waals surface area (Å²) in [6.45, 7) is 0.896. The van der Waals surface area contributed by atoms with Gasteiger partial charge in [-0.2, -0.15) is 0 Å². The maximum atomic E-state index is 12.1. The van der Waals surface area contributed by atoms with Crippen LogP contribution >= 0.6 is 11.5 Å². The SMILES string of the molecule is O=C(Nc1cnns1)N1CC[C@H]2CCCC[C@H]21. The van der Waals surface area contributed by atoms with Crippen molar-refractivity contribution in [2.75, 3.05) is 11.9 Å². The Labute approximate surface area is 104 Å². The molecule has 2 amide bonds. The minimum absolute atomic E-state index is 0.0189. The van der Waals surface area contributed by atoms with Crippen LogP contribution in [0.15, 0.2) is 6.20 Å². The molecule has 0 spiro atoms. The predicted molar refractivity (Wildman–Crippen MR) is 66.0 cm³/mol. The Balaban J connectivity index is 1.66. The van der Waals surface area contributed by atoms with Gasteiger partial charge in [-0.1, -0.05) is 17.3 Å². The molecule has 0 aromatic carbocycles. The Morgan fingerprint density at radius 2 is 2.29 bits per heavy atom. The first-order valence-electron chi connectivity index (χ1n) is 6.19. The molecule has 2 fully saturated rings. The minimum Gasteiger partial charge on any atom is -0.321 e. The van der Waals surface area contributed by atoms with Gasteiger partial charge in [0.15, 0.2) is 0 Å². The topological polar surface area (TPSA) is 58.1 Å². The Kier molecular flexibility index (Phi) is 2.96. The molecule has 1 N–H and O–H groups in total. The van der Waals surface area contributed by atoms with Gasteiger partial charge in [0.05, 0.1) is 6.20 Å². The fourth-order valence-corrected chi connectivity index (χ4v) is 3.47. The molecule has 2 aliphatic rings. The number of carbonyl (C=O) groups excluding carboxylic acids is 1. The zero-order valence-corrected chi connectivity index (χ0v) is 10.4. The molecule has 5 nitrogen and oxygen atoms in total. The molecule has 1 aromatic heterocycles. The third-order valence-corrected chi connectivity index (χ3v) is 4.44. The Bertz CT molecular complexity index is 394. The lowest BCUT2D eigenvalue weighted by atomic mass is 9.85. The second kappa shape index (κ2) is 4.60. The second-order valence-electron chi connectivity index (χ2n) is 4.81. The number of amides is 2. The minimum atomic E-state index is 0.0189. The molecular weight excluding hydrogens is 236 g/mol. The first-order valence-corrected chi connectivity index (χ1v) is 6.97. The van der Waals surface area contributed by atoms with Crippen LogP contribution in [0.3, 0.4) is 0 Å². The lowest BCUT2D eigenvalue weighted by Gasteiger charge is -2.31. The van der Waals surface area contributed by atoms with Gasteiger partial charge in [-0.3, -0.25) is 5.32 Å². The molecule has 6 heteroatoms. The molecule has 92 valence electrons. The van der Waals surface area contributed by atoms with Crippen molar-refractivity contribution in [2.45, 2.75) is 38.1 Å². The number of nitrogens with one attached hydrogen (secondary N) is 1. The van der Waals surface area contributed by atoms with Crippen LogP contribution in [0, 0.1) is 5.92 Å². The van der Waals surface area contributed by atoms with Gasteiger partial charge in [-0.15, -0.1) is 5.10 Å². The second-order valence-corrected chi connectivity index (χ2v) is 5.59. The van der Waals surface area contributed by atoms with Gasteiger partial charge in [0.2, 0.25) is 0 Å². The zero-order valence-electron chi connectivity index (χ0n) is 9.63. The van der Waals surface area contributed by atoms with Crippen molar-refractivity contribution in [3.63, 3.8) is 0 Å². The number of anilines is 1. The van der Waals surface area contributed by atoms with E-state index >= 15 is 0 Å². The molecule has 2 atom stereocenters. The fourth-order valence-electron chi connectivity index (χ4n) is 3.06. The van der Waals surface area contributed by atoms with Gasteiger partial charge < -0.3 is 4.90 Å². The average molecular weight is 252 g/mol. The Morgan fingerprint density at radius 1 is 1.41 bits per heavy atom. The van der Waals surface area contributed by atoms with Crippen LogP contribution in [0.5, 0.6) is 0 Å². The van der Waals surface area contributed by atoms with Crippen molar-refractivity contribution in [2.24, 2.45) is 5.92 Å². The van der Waals surface area contributed by atoms with E-state index < -0.39 is 0 Å². The highest BCUT2D eigenvalue weighted by Crippen LogP contribution is 2.36. The van der Waals surface area contributed by atoms with E-state index in [1.807, 2.05) is 4.90 Å². The van der Waals surface area contributed by atoms with E-state index in [0.717, 1.165) is 17.5 Å². The van der Waals surface area contributed by atoms with Crippen molar-refractivity contribution in [1.29, 1.82) is 0 Å². The molecule has 1 saturated carbocycles. The summed E-state index contributed by atoms with van der Waals surface area (Å²) in [7, 11) is 0. The number of aromatic nitrogens is 2. The van der Waals surface area contributed by atoms with Crippen LogP contribution in [-0.4, -0.2) is 33.1 Å². The third-order valence-electron chi connectivity index (χ3n) is 3.86. The summed E-state index contributed by atoms with van der Waals surface area (Å²) in [5.41, 5.74) is 0. The van der Waals surface area contributed by atoms with E-state index in [4.69, 9.17) is 0 Å². The molecule has 3 rings (SSSR count). The van der Waals surface area contributed by atoms with Crippen molar-refractivity contribution in [1.82, 2.24) is 14.5 Å². The summed E-state index contributed by atoms with van der Waals surface area (Å²) >= 11 is 1.22. The summed E-state index contributed by atoms with van der Waals surface area (Å²) in [5.74, 6) is 0.731. The summed E-state index contributed by atoms with van der Waals surface area (Å²) in [5, 5.41) is 7.33. The largest absolute Gasteiger partial charge is 0.322 e. The molecule has 1 aliphatic carbocycles. The van der Waals surface area contributed by atoms with E-state index in [2.05, 4.69) is 14.9 Å². The van der Waals surface area contributed by atoms with E-state index in [0.29, 0.717) is 6.04 Å². The highest BCUT2D eigenvalue weighted by Gasteiger charge is 2.38. The van der Waals surface area contributed by atoms with Crippen LogP contribution in [0.4, 0.5) is 9.80 Å².